The van der Waals surface area contributed by atoms with Gasteiger partial charge in [0.15, 0.2) is 0 Å². The van der Waals surface area contributed by atoms with Gasteiger partial charge in [-0.3, -0.25) is 0 Å². The highest BCUT2D eigenvalue weighted by Gasteiger charge is 2.34. The number of ether oxygens (including phenoxy) is 2. The van der Waals surface area contributed by atoms with Gasteiger partial charge in [-0.25, -0.2) is 9.97 Å². The number of hydrogen-bond acceptors (Lipinski definition) is 4. The van der Waals surface area contributed by atoms with Crippen LogP contribution in [0, 0.1) is 6.92 Å². The van der Waals surface area contributed by atoms with E-state index in [-0.39, 0.29) is 10.9 Å². The average Bonchev–Trinajstić information content (AvgIpc) is 2.14. The van der Waals surface area contributed by atoms with E-state index in [0.717, 1.165) is 11.3 Å². The SMILES string of the molecule is Cc1nc(Cl)ncc1COC1(C)COC1. The van der Waals surface area contributed by atoms with Crippen LogP contribution in [-0.4, -0.2) is 28.8 Å². The lowest BCUT2D eigenvalue weighted by Gasteiger charge is -2.37. The number of aromatic nitrogens is 2. The van der Waals surface area contributed by atoms with Crippen LogP contribution in [0.4, 0.5) is 0 Å². The van der Waals surface area contributed by atoms with Crippen molar-refractivity contribution in [2.45, 2.75) is 26.1 Å². The summed E-state index contributed by atoms with van der Waals surface area (Å²) in [6.45, 7) is 5.73. The molecule has 0 amide bonds. The second-order valence-corrected chi connectivity index (χ2v) is 4.32. The van der Waals surface area contributed by atoms with Gasteiger partial charge in [0.1, 0.15) is 5.60 Å². The molecule has 1 saturated heterocycles. The van der Waals surface area contributed by atoms with Crippen molar-refractivity contribution in [3.05, 3.63) is 22.7 Å². The topological polar surface area (TPSA) is 44.2 Å². The fraction of sp³-hybridized carbons (Fsp3) is 0.600. The minimum absolute atomic E-state index is 0.147. The fourth-order valence-electron chi connectivity index (χ4n) is 1.33. The summed E-state index contributed by atoms with van der Waals surface area (Å²) in [4.78, 5) is 7.99. The highest BCUT2D eigenvalue weighted by atomic mass is 35.5. The number of hydrogen-bond donors (Lipinski definition) is 0. The van der Waals surface area contributed by atoms with E-state index in [2.05, 4.69) is 9.97 Å². The van der Waals surface area contributed by atoms with Gasteiger partial charge in [-0.05, 0) is 25.4 Å². The van der Waals surface area contributed by atoms with Gasteiger partial charge in [-0.2, -0.15) is 0 Å². The first kappa shape index (κ1) is 10.8. The Hall–Kier alpha value is -0.710. The molecule has 0 saturated carbocycles. The molecule has 0 aromatic carbocycles. The standard InChI is InChI=1S/C10H13ClN2O2/c1-7-8(3-12-9(11)13-7)4-15-10(2)5-14-6-10/h3H,4-6H2,1-2H3. The Labute approximate surface area is 93.6 Å². The third-order valence-corrected chi connectivity index (χ3v) is 2.62. The Balaban J connectivity index is 1.98. The van der Waals surface area contributed by atoms with Crippen LogP contribution in [0.3, 0.4) is 0 Å². The number of nitrogens with zero attached hydrogens (tertiary/aromatic N) is 2. The highest BCUT2D eigenvalue weighted by molar-refractivity contribution is 6.28. The minimum atomic E-state index is -0.147. The molecule has 1 aliphatic rings. The molecule has 1 aliphatic heterocycles. The summed E-state index contributed by atoms with van der Waals surface area (Å²) >= 11 is 5.66. The predicted molar refractivity (Wildman–Crippen MR) is 55.8 cm³/mol. The van der Waals surface area contributed by atoms with Crippen LogP contribution in [0.25, 0.3) is 0 Å². The monoisotopic (exact) mass is 228 g/mol. The molecule has 1 aromatic heterocycles. The van der Waals surface area contributed by atoms with E-state index in [4.69, 9.17) is 21.1 Å². The Kier molecular flexibility index (Phi) is 2.91. The zero-order chi connectivity index (χ0) is 10.9. The molecule has 0 unspecified atom stereocenters. The van der Waals surface area contributed by atoms with Crippen LogP contribution in [-0.2, 0) is 16.1 Å². The maximum absolute atomic E-state index is 5.72. The maximum Gasteiger partial charge on any atom is 0.222 e. The van der Waals surface area contributed by atoms with E-state index in [0.29, 0.717) is 19.8 Å². The highest BCUT2D eigenvalue weighted by Crippen LogP contribution is 2.22. The summed E-state index contributed by atoms with van der Waals surface area (Å²) < 4.78 is 10.8. The van der Waals surface area contributed by atoms with Crippen LogP contribution in [0.1, 0.15) is 18.2 Å². The molecule has 0 N–H and O–H groups in total. The van der Waals surface area contributed by atoms with E-state index in [1.807, 2.05) is 13.8 Å². The summed E-state index contributed by atoms with van der Waals surface area (Å²) in [6, 6.07) is 0. The van der Waals surface area contributed by atoms with E-state index in [1.54, 1.807) is 6.20 Å². The third-order valence-electron chi connectivity index (χ3n) is 2.44. The van der Waals surface area contributed by atoms with Crippen molar-refractivity contribution in [3.8, 4) is 0 Å². The van der Waals surface area contributed by atoms with Crippen LogP contribution in [0.5, 0.6) is 0 Å². The van der Waals surface area contributed by atoms with Crippen LogP contribution in [0.2, 0.25) is 5.28 Å². The molecule has 2 heterocycles. The van der Waals surface area contributed by atoms with Gasteiger partial charge in [-0.1, -0.05) is 0 Å². The first-order chi connectivity index (χ1) is 7.09. The van der Waals surface area contributed by atoms with Crippen molar-refractivity contribution in [1.82, 2.24) is 9.97 Å². The van der Waals surface area contributed by atoms with Gasteiger partial charge in [0.25, 0.3) is 0 Å². The lowest BCUT2D eigenvalue weighted by molar-refractivity contribution is -0.204. The van der Waals surface area contributed by atoms with Crippen LogP contribution in [0.15, 0.2) is 6.20 Å². The first-order valence-corrected chi connectivity index (χ1v) is 5.17. The quantitative estimate of drug-likeness (QED) is 0.740. The second kappa shape index (κ2) is 4.04. The molecule has 2 rings (SSSR count). The molecular formula is C10H13ClN2O2. The molecule has 15 heavy (non-hydrogen) atoms. The smallest absolute Gasteiger partial charge is 0.222 e. The van der Waals surface area contributed by atoms with Gasteiger partial charge in [0, 0.05) is 17.5 Å². The van der Waals surface area contributed by atoms with E-state index >= 15 is 0 Å². The lowest BCUT2D eigenvalue weighted by atomic mass is 10.1. The van der Waals surface area contributed by atoms with Gasteiger partial charge in [-0.15, -0.1) is 0 Å². The summed E-state index contributed by atoms with van der Waals surface area (Å²) in [5, 5.41) is 0.273. The van der Waals surface area contributed by atoms with Crippen LogP contribution < -0.4 is 0 Å². The van der Waals surface area contributed by atoms with Gasteiger partial charge >= 0.3 is 0 Å². The fourth-order valence-corrected chi connectivity index (χ4v) is 1.51. The second-order valence-electron chi connectivity index (χ2n) is 3.98. The molecule has 4 nitrogen and oxygen atoms in total. The van der Waals surface area contributed by atoms with Crippen molar-refractivity contribution in [2.24, 2.45) is 0 Å². The van der Waals surface area contributed by atoms with Gasteiger partial charge in [0.05, 0.1) is 19.8 Å². The van der Waals surface area contributed by atoms with E-state index in [1.165, 1.54) is 0 Å². The predicted octanol–water partition coefficient (Wildman–Crippen LogP) is 1.74. The van der Waals surface area contributed by atoms with Crippen molar-refractivity contribution in [1.29, 1.82) is 0 Å². The van der Waals surface area contributed by atoms with E-state index in [9.17, 15) is 0 Å². The Bertz CT molecular complexity index is 366. The third kappa shape index (κ3) is 2.45. The summed E-state index contributed by atoms with van der Waals surface area (Å²) in [5.41, 5.74) is 1.68. The van der Waals surface area contributed by atoms with Gasteiger partial charge in [0.2, 0.25) is 5.28 Å². The molecule has 0 spiro atoms. The minimum Gasteiger partial charge on any atom is -0.375 e. The molecule has 0 radical (unpaired) electrons. The molecule has 0 aliphatic carbocycles. The average molecular weight is 229 g/mol. The summed E-state index contributed by atoms with van der Waals surface area (Å²) in [6.07, 6.45) is 1.70. The summed E-state index contributed by atoms with van der Waals surface area (Å²) in [5.74, 6) is 0. The Morgan fingerprint density at radius 1 is 1.60 bits per heavy atom. The Morgan fingerprint density at radius 3 is 2.87 bits per heavy atom. The van der Waals surface area contributed by atoms with Gasteiger partial charge < -0.3 is 9.47 Å². The zero-order valence-electron chi connectivity index (χ0n) is 8.79. The largest absolute Gasteiger partial charge is 0.375 e. The van der Waals surface area contributed by atoms with Crippen molar-refractivity contribution in [3.63, 3.8) is 0 Å². The lowest BCUT2D eigenvalue weighted by Crippen LogP contribution is -2.48. The molecule has 1 aromatic rings. The zero-order valence-corrected chi connectivity index (χ0v) is 9.54. The normalized spacial score (nSPS) is 18.6. The number of halogens is 1. The molecule has 5 heteroatoms. The first-order valence-electron chi connectivity index (χ1n) is 4.79. The maximum atomic E-state index is 5.72. The van der Waals surface area contributed by atoms with E-state index < -0.39 is 0 Å². The number of aryl methyl sites for hydroxylation is 1. The number of rotatable bonds is 3. The molecule has 0 atom stereocenters. The molecule has 1 fully saturated rings. The van der Waals surface area contributed by atoms with Crippen molar-refractivity contribution < 1.29 is 9.47 Å². The van der Waals surface area contributed by atoms with Crippen LogP contribution >= 0.6 is 11.6 Å². The summed E-state index contributed by atoms with van der Waals surface area (Å²) in [7, 11) is 0. The van der Waals surface area contributed by atoms with Crippen molar-refractivity contribution >= 4 is 11.6 Å². The Morgan fingerprint density at radius 2 is 2.33 bits per heavy atom. The molecular weight excluding hydrogens is 216 g/mol. The molecule has 82 valence electrons. The van der Waals surface area contributed by atoms with Crippen molar-refractivity contribution in [2.75, 3.05) is 13.2 Å². The molecule has 0 bridgehead atoms.